The van der Waals surface area contributed by atoms with Gasteiger partial charge in [-0.25, -0.2) is 0 Å². The van der Waals surface area contributed by atoms with Crippen LogP contribution >= 0.6 is 15.9 Å². The lowest BCUT2D eigenvalue weighted by Gasteiger charge is -2.19. The Labute approximate surface area is 104 Å². The van der Waals surface area contributed by atoms with Crippen LogP contribution in [0.1, 0.15) is 0 Å². The highest BCUT2D eigenvalue weighted by Gasteiger charge is 2.03. The lowest BCUT2D eigenvalue weighted by Crippen LogP contribution is -2.09. The van der Waals surface area contributed by atoms with Crippen LogP contribution in [-0.2, 0) is 0 Å². The summed E-state index contributed by atoms with van der Waals surface area (Å²) in [5.74, 6) is 0. The van der Waals surface area contributed by atoms with Crippen molar-refractivity contribution < 1.29 is 0 Å². The van der Waals surface area contributed by atoms with E-state index in [1.54, 1.807) is 0 Å². The van der Waals surface area contributed by atoms with E-state index in [1.807, 2.05) is 43.4 Å². The molecule has 3 heteroatoms. The molecule has 2 N–H and O–H groups in total. The van der Waals surface area contributed by atoms with Crippen molar-refractivity contribution in [1.82, 2.24) is 0 Å². The van der Waals surface area contributed by atoms with Crippen molar-refractivity contribution in [2.45, 2.75) is 0 Å². The van der Waals surface area contributed by atoms with E-state index in [0.29, 0.717) is 0 Å². The van der Waals surface area contributed by atoms with E-state index in [-0.39, 0.29) is 0 Å². The van der Waals surface area contributed by atoms with E-state index in [2.05, 4.69) is 33.0 Å². The molecule has 0 saturated heterocycles. The average molecular weight is 277 g/mol. The quantitative estimate of drug-likeness (QED) is 0.846. The highest BCUT2D eigenvalue weighted by molar-refractivity contribution is 9.10. The average Bonchev–Trinajstić information content (AvgIpc) is 2.29. The minimum Gasteiger partial charge on any atom is -0.399 e. The first-order valence-electron chi connectivity index (χ1n) is 5.01. The summed E-state index contributed by atoms with van der Waals surface area (Å²) in [4.78, 5) is 2.10. The first kappa shape index (κ1) is 11.0. The van der Waals surface area contributed by atoms with Crippen molar-refractivity contribution in [3.8, 4) is 0 Å². The van der Waals surface area contributed by atoms with Crippen LogP contribution in [0.5, 0.6) is 0 Å². The lowest BCUT2D eigenvalue weighted by molar-refractivity contribution is 1.21. The Balaban J connectivity index is 2.31. The molecule has 0 radical (unpaired) electrons. The molecule has 2 nitrogen and oxygen atoms in total. The first-order chi connectivity index (χ1) is 7.66. The van der Waals surface area contributed by atoms with Crippen molar-refractivity contribution in [1.29, 1.82) is 0 Å². The van der Waals surface area contributed by atoms with Gasteiger partial charge in [0.2, 0.25) is 0 Å². The van der Waals surface area contributed by atoms with Crippen molar-refractivity contribution in [2.75, 3.05) is 17.7 Å². The SMILES string of the molecule is CN(c1ccc(Br)cc1)c1cccc(N)c1. The number of nitrogens with two attached hydrogens (primary N) is 1. The monoisotopic (exact) mass is 276 g/mol. The van der Waals surface area contributed by atoms with Crippen LogP contribution in [0.25, 0.3) is 0 Å². The Morgan fingerprint density at radius 3 is 2.31 bits per heavy atom. The maximum absolute atomic E-state index is 5.76. The Hall–Kier alpha value is -1.48. The van der Waals surface area contributed by atoms with Gasteiger partial charge < -0.3 is 10.6 Å². The second-order valence-corrected chi connectivity index (χ2v) is 4.55. The molecule has 0 aliphatic rings. The molecule has 0 heterocycles. The molecular weight excluding hydrogens is 264 g/mol. The predicted molar refractivity (Wildman–Crippen MR) is 73.1 cm³/mol. The number of rotatable bonds is 2. The zero-order valence-electron chi connectivity index (χ0n) is 9.02. The normalized spacial score (nSPS) is 10.1. The van der Waals surface area contributed by atoms with Gasteiger partial charge in [-0.3, -0.25) is 0 Å². The highest BCUT2D eigenvalue weighted by atomic mass is 79.9. The lowest BCUT2D eigenvalue weighted by atomic mass is 10.2. The van der Waals surface area contributed by atoms with Crippen molar-refractivity contribution >= 4 is 33.0 Å². The van der Waals surface area contributed by atoms with Gasteiger partial charge in [0.1, 0.15) is 0 Å². The number of nitrogens with zero attached hydrogens (tertiary/aromatic N) is 1. The van der Waals surface area contributed by atoms with Crippen LogP contribution < -0.4 is 10.6 Å². The van der Waals surface area contributed by atoms with Crippen LogP contribution in [0.15, 0.2) is 53.0 Å². The molecule has 0 aliphatic carbocycles. The molecule has 0 unspecified atom stereocenters. The molecule has 2 aromatic carbocycles. The van der Waals surface area contributed by atoms with E-state index in [0.717, 1.165) is 21.5 Å². The topological polar surface area (TPSA) is 29.3 Å². The summed E-state index contributed by atoms with van der Waals surface area (Å²) in [6, 6.07) is 16.0. The molecule has 0 amide bonds. The van der Waals surface area contributed by atoms with Gasteiger partial charge >= 0.3 is 0 Å². The van der Waals surface area contributed by atoms with Crippen LogP contribution in [-0.4, -0.2) is 7.05 Å². The van der Waals surface area contributed by atoms with Crippen LogP contribution in [0.4, 0.5) is 17.1 Å². The molecule has 0 bridgehead atoms. The summed E-state index contributed by atoms with van der Waals surface area (Å²) in [6.45, 7) is 0. The fourth-order valence-corrected chi connectivity index (χ4v) is 1.81. The van der Waals surface area contributed by atoms with Crippen LogP contribution in [0, 0.1) is 0 Å². The summed E-state index contributed by atoms with van der Waals surface area (Å²) in [6.07, 6.45) is 0. The van der Waals surface area contributed by atoms with E-state index >= 15 is 0 Å². The number of hydrogen-bond donors (Lipinski definition) is 1. The second kappa shape index (κ2) is 4.58. The standard InChI is InChI=1S/C13H13BrN2/c1-16(12-7-5-10(14)6-8-12)13-4-2-3-11(15)9-13/h2-9H,15H2,1H3. The molecule has 2 aromatic rings. The van der Waals surface area contributed by atoms with Gasteiger partial charge in [0.05, 0.1) is 0 Å². The molecule has 16 heavy (non-hydrogen) atoms. The summed E-state index contributed by atoms with van der Waals surface area (Å²) >= 11 is 3.42. The zero-order chi connectivity index (χ0) is 11.5. The third-order valence-electron chi connectivity index (χ3n) is 2.47. The predicted octanol–water partition coefficient (Wildman–Crippen LogP) is 3.80. The third-order valence-corrected chi connectivity index (χ3v) is 3.00. The van der Waals surface area contributed by atoms with E-state index < -0.39 is 0 Å². The molecule has 0 aliphatic heterocycles. The van der Waals surface area contributed by atoms with Crippen molar-refractivity contribution in [2.24, 2.45) is 0 Å². The molecular formula is C13H13BrN2. The molecule has 0 atom stereocenters. The van der Waals surface area contributed by atoms with Crippen LogP contribution in [0.2, 0.25) is 0 Å². The Morgan fingerprint density at radius 1 is 1.00 bits per heavy atom. The first-order valence-corrected chi connectivity index (χ1v) is 5.81. The van der Waals surface area contributed by atoms with Gasteiger partial charge in [-0.2, -0.15) is 0 Å². The van der Waals surface area contributed by atoms with E-state index in [9.17, 15) is 0 Å². The number of anilines is 3. The van der Waals surface area contributed by atoms with Crippen LogP contribution in [0.3, 0.4) is 0 Å². The summed E-state index contributed by atoms with van der Waals surface area (Å²) in [7, 11) is 2.03. The number of halogens is 1. The van der Waals surface area contributed by atoms with E-state index in [4.69, 9.17) is 5.73 Å². The number of nitrogen functional groups attached to an aromatic ring is 1. The molecule has 0 fully saturated rings. The van der Waals surface area contributed by atoms with Crippen molar-refractivity contribution in [3.05, 3.63) is 53.0 Å². The molecule has 0 saturated carbocycles. The van der Waals surface area contributed by atoms with Gasteiger partial charge in [-0.05, 0) is 42.5 Å². The second-order valence-electron chi connectivity index (χ2n) is 3.63. The fraction of sp³-hybridized carbons (Fsp3) is 0.0769. The maximum Gasteiger partial charge on any atom is 0.0428 e. The Kier molecular flexibility index (Phi) is 3.15. The Bertz CT molecular complexity index is 480. The number of hydrogen-bond acceptors (Lipinski definition) is 2. The summed E-state index contributed by atoms with van der Waals surface area (Å²) in [5, 5.41) is 0. The molecule has 0 aromatic heterocycles. The molecule has 0 spiro atoms. The summed E-state index contributed by atoms with van der Waals surface area (Å²) < 4.78 is 1.08. The largest absolute Gasteiger partial charge is 0.399 e. The van der Waals surface area contributed by atoms with Crippen molar-refractivity contribution in [3.63, 3.8) is 0 Å². The summed E-state index contributed by atoms with van der Waals surface area (Å²) in [5.41, 5.74) is 8.76. The van der Waals surface area contributed by atoms with Gasteiger partial charge in [-0.1, -0.05) is 22.0 Å². The third kappa shape index (κ3) is 2.36. The fourth-order valence-electron chi connectivity index (χ4n) is 1.55. The minimum absolute atomic E-state index is 0.779. The Morgan fingerprint density at radius 2 is 1.69 bits per heavy atom. The zero-order valence-corrected chi connectivity index (χ0v) is 10.6. The van der Waals surface area contributed by atoms with Gasteiger partial charge in [-0.15, -0.1) is 0 Å². The number of benzene rings is 2. The minimum atomic E-state index is 0.779. The maximum atomic E-state index is 5.76. The highest BCUT2D eigenvalue weighted by Crippen LogP contribution is 2.25. The van der Waals surface area contributed by atoms with Gasteiger partial charge in [0.15, 0.2) is 0 Å². The van der Waals surface area contributed by atoms with E-state index in [1.165, 1.54) is 0 Å². The smallest absolute Gasteiger partial charge is 0.0428 e. The van der Waals surface area contributed by atoms with Gasteiger partial charge in [0.25, 0.3) is 0 Å². The van der Waals surface area contributed by atoms with Gasteiger partial charge in [0, 0.05) is 28.6 Å². The molecule has 82 valence electrons. The molecule has 2 rings (SSSR count).